The van der Waals surface area contributed by atoms with Crippen molar-refractivity contribution < 1.29 is 14.3 Å². The standard InChI is InChI=1S/C13H17FN2O2/c1-9-8-15-6-7-16(9)12(13(17)18)10-2-4-11(14)5-3-10/h2-5,9,12,15H,6-8H2,1H3,(H,17,18). The van der Waals surface area contributed by atoms with Crippen molar-refractivity contribution in [3.05, 3.63) is 35.6 Å². The molecule has 1 aromatic carbocycles. The van der Waals surface area contributed by atoms with Gasteiger partial charge >= 0.3 is 5.97 Å². The highest BCUT2D eigenvalue weighted by Gasteiger charge is 2.32. The molecule has 1 fully saturated rings. The third-order valence-electron chi connectivity index (χ3n) is 3.30. The number of hydrogen-bond acceptors (Lipinski definition) is 3. The molecule has 0 spiro atoms. The molecule has 5 heteroatoms. The molecule has 1 aliphatic rings. The van der Waals surface area contributed by atoms with Gasteiger partial charge in [0, 0.05) is 25.7 Å². The number of rotatable bonds is 3. The zero-order valence-electron chi connectivity index (χ0n) is 10.3. The second kappa shape index (κ2) is 5.46. The number of aliphatic carboxylic acids is 1. The van der Waals surface area contributed by atoms with Gasteiger partial charge in [0.15, 0.2) is 0 Å². The Bertz CT molecular complexity index is 422. The van der Waals surface area contributed by atoms with E-state index in [1.54, 1.807) is 12.1 Å². The first-order valence-corrected chi connectivity index (χ1v) is 6.04. The quantitative estimate of drug-likeness (QED) is 0.850. The number of carboxylic acid groups (broad SMARTS) is 1. The van der Waals surface area contributed by atoms with E-state index in [2.05, 4.69) is 5.32 Å². The topological polar surface area (TPSA) is 52.6 Å². The van der Waals surface area contributed by atoms with E-state index in [9.17, 15) is 14.3 Å². The highest BCUT2D eigenvalue weighted by molar-refractivity contribution is 5.75. The van der Waals surface area contributed by atoms with Crippen LogP contribution in [0.5, 0.6) is 0 Å². The van der Waals surface area contributed by atoms with Gasteiger partial charge in [0.2, 0.25) is 0 Å². The van der Waals surface area contributed by atoms with E-state index in [1.165, 1.54) is 12.1 Å². The molecule has 1 saturated heterocycles. The third kappa shape index (κ3) is 2.68. The summed E-state index contributed by atoms with van der Waals surface area (Å²) in [5.74, 6) is -1.24. The summed E-state index contributed by atoms with van der Waals surface area (Å²) in [7, 11) is 0. The molecular weight excluding hydrogens is 235 g/mol. The molecule has 2 rings (SSSR count). The minimum absolute atomic E-state index is 0.143. The molecule has 0 saturated carbocycles. The van der Waals surface area contributed by atoms with Crippen molar-refractivity contribution in [2.24, 2.45) is 0 Å². The first-order valence-electron chi connectivity index (χ1n) is 6.04. The second-order valence-electron chi connectivity index (χ2n) is 4.58. The average Bonchev–Trinajstić information content (AvgIpc) is 2.34. The first kappa shape index (κ1) is 13.0. The van der Waals surface area contributed by atoms with Crippen LogP contribution in [0.15, 0.2) is 24.3 Å². The smallest absolute Gasteiger partial charge is 0.325 e. The summed E-state index contributed by atoms with van der Waals surface area (Å²) in [5.41, 5.74) is 0.623. The molecule has 18 heavy (non-hydrogen) atoms. The Labute approximate surface area is 105 Å². The summed E-state index contributed by atoms with van der Waals surface area (Å²) in [6.07, 6.45) is 0. The Morgan fingerprint density at radius 3 is 2.72 bits per heavy atom. The Balaban J connectivity index is 2.27. The molecule has 2 atom stereocenters. The normalized spacial score (nSPS) is 22.7. The molecule has 0 amide bonds. The fourth-order valence-corrected chi connectivity index (χ4v) is 2.36. The van der Waals surface area contributed by atoms with Gasteiger partial charge in [-0.15, -0.1) is 0 Å². The molecule has 0 aromatic heterocycles. The number of hydrogen-bond donors (Lipinski definition) is 2. The number of nitrogens with one attached hydrogen (secondary N) is 1. The first-order chi connectivity index (χ1) is 8.59. The second-order valence-corrected chi connectivity index (χ2v) is 4.58. The molecule has 1 aliphatic heterocycles. The molecular formula is C13H17FN2O2. The molecule has 2 unspecified atom stereocenters. The monoisotopic (exact) mass is 252 g/mol. The summed E-state index contributed by atoms with van der Waals surface area (Å²) < 4.78 is 12.9. The van der Waals surface area contributed by atoms with Gasteiger partial charge in [-0.2, -0.15) is 0 Å². The number of piperazine rings is 1. The highest BCUT2D eigenvalue weighted by atomic mass is 19.1. The zero-order chi connectivity index (χ0) is 13.1. The van der Waals surface area contributed by atoms with Crippen molar-refractivity contribution in [2.75, 3.05) is 19.6 Å². The molecule has 2 N–H and O–H groups in total. The lowest BCUT2D eigenvalue weighted by molar-refractivity contribution is -0.145. The SMILES string of the molecule is CC1CNCCN1C(C(=O)O)c1ccc(F)cc1. The predicted octanol–water partition coefficient (Wildman–Crippen LogP) is 1.25. The van der Waals surface area contributed by atoms with Crippen molar-refractivity contribution in [3.63, 3.8) is 0 Å². The van der Waals surface area contributed by atoms with Gasteiger partial charge in [0.25, 0.3) is 0 Å². The summed E-state index contributed by atoms with van der Waals surface area (Å²) >= 11 is 0. The Kier molecular flexibility index (Phi) is 3.93. The van der Waals surface area contributed by atoms with Gasteiger partial charge in [-0.1, -0.05) is 12.1 Å². The maximum absolute atomic E-state index is 12.9. The van der Waals surface area contributed by atoms with Crippen LogP contribution in [0, 0.1) is 5.82 Å². The van der Waals surface area contributed by atoms with Crippen LogP contribution in [0.3, 0.4) is 0 Å². The molecule has 4 nitrogen and oxygen atoms in total. The summed E-state index contributed by atoms with van der Waals surface area (Å²) in [4.78, 5) is 13.4. The fourth-order valence-electron chi connectivity index (χ4n) is 2.36. The van der Waals surface area contributed by atoms with E-state index < -0.39 is 12.0 Å². The van der Waals surface area contributed by atoms with Crippen LogP contribution in [0.2, 0.25) is 0 Å². The van der Waals surface area contributed by atoms with Gasteiger partial charge in [0.1, 0.15) is 11.9 Å². The van der Waals surface area contributed by atoms with Crippen LogP contribution < -0.4 is 5.32 Å². The van der Waals surface area contributed by atoms with Crippen molar-refractivity contribution in [1.82, 2.24) is 10.2 Å². The van der Waals surface area contributed by atoms with Gasteiger partial charge in [-0.05, 0) is 24.6 Å². The van der Waals surface area contributed by atoms with E-state index in [0.717, 1.165) is 13.1 Å². The lowest BCUT2D eigenvalue weighted by Crippen LogP contribution is -2.52. The van der Waals surface area contributed by atoms with E-state index in [0.29, 0.717) is 12.1 Å². The predicted molar refractivity (Wildman–Crippen MR) is 65.8 cm³/mol. The van der Waals surface area contributed by atoms with Crippen LogP contribution in [-0.4, -0.2) is 41.7 Å². The lowest BCUT2D eigenvalue weighted by atomic mass is 10.0. The van der Waals surface area contributed by atoms with E-state index in [4.69, 9.17) is 0 Å². The Hall–Kier alpha value is -1.46. The third-order valence-corrected chi connectivity index (χ3v) is 3.30. The maximum atomic E-state index is 12.9. The van der Waals surface area contributed by atoms with Gasteiger partial charge in [0.05, 0.1) is 0 Å². The minimum atomic E-state index is -0.893. The molecule has 98 valence electrons. The van der Waals surface area contributed by atoms with E-state index >= 15 is 0 Å². The van der Waals surface area contributed by atoms with Gasteiger partial charge in [-0.3, -0.25) is 9.69 Å². The average molecular weight is 252 g/mol. The summed E-state index contributed by atoms with van der Waals surface area (Å²) in [6, 6.07) is 5.13. The number of halogens is 1. The molecule has 0 bridgehead atoms. The zero-order valence-corrected chi connectivity index (χ0v) is 10.3. The Morgan fingerprint density at radius 1 is 1.50 bits per heavy atom. The lowest BCUT2D eigenvalue weighted by Gasteiger charge is -2.38. The molecule has 0 aliphatic carbocycles. The Morgan fingerprint density at radius 2 is 2.17 bits per heavy atom. The van der Waals surface area contributed by atoms with Crippen molar-refractivity contribution in [1.29, 1.82) is 0 Å². The van der Waals surface area contributed by atoms with Crippen LogP contribution in [0.4, 0.5) is 4.39 Å². The van der Waals surface area contributed by atoms with Crippen LogP contribution >= 0.6 is 0 Å². The van der Waals surface area contributed by atoms with E-state index in [1.807, 2.05) is 11.8 Å². The largest absolute Gasteiger partial charge is 0.480 e. The van der Waals surface area contributed by atoms with Crippen molar-refractivity contribution >= 4 is 5.97 Å². The van der Waals surface area contributed by atoms with Gasteiger partial charge in [-0.25, -0.2) is 4.39 Å². The molecule has 1 heterocycles. The summed E-state index contributed by atoms with van der Waals surface area (Å²) in [6.45, 7) is 4.21. The van der Waals surface area contributed by atoms with Crippen LogP contribution in [0.1, 0.15) is 18.5 Å². The highest BCUT2D eigenvalue weighted by Crippen LogP contribution is 2.24. The summed E-state index contributed by atoms with van der Waals surface area (Å²) in [5, 5.41) is 12.6. The van der Waals surface area contributed by atoms with Crippen molar-refractivity contribution in [3.8, 4) is 0 Å². The minimum Gasteiger partial charge on any atom is -0.480 e. The molecule has 1 aromatic rings. The number of carboxylic acids is 1. The van der Waals surface area contributed by atoms with Crippen LogP contribution in [-0.2, 0) is 4.79 Å². The van der Waals surface area contributed by atoms with Gasteiger partial charge < -0.3 is 10.4 Å². The number of benzene rings is 1. The van der Waals surface area contributed by atoms with E-state index in [-0.39, 0.29) is 11.9 Å². The number of nitrogens with zero attached hydrogens (tertiary/aromatic N) is 1. The van der Waals surface area contributed by atoms with Crippen molar-refractivity contribution in [2.45, 2.75) is 19.0 Å². The maximum Gasteiger partial charge on any atom is 0.325 e. The van der Waals surface area contributed by atoms with Crippen LogP contribution in [0.25, 0.3) is 0 Å². The fraction of sp³-hybridized carbons (Fsp3) is 0.462. The molecule has 0 radical (unpaired) electrons. The number of carbonyl (C=O) groups is 1.